The summed E-state index contributed by atoms with van der Waals surface area (Å²) in [6.07, 6.45) is 1.67. The van der Waals surface area contributed by atoms with Crippen molar-refractivity contribution in [1.29, 1.82) is 0 Å². The molecule has 0 atom stereocenters. The number of nitrogens with zero attached hydrogens (tertiary/aromatic N) is 1. The normalized spacial score (nSPS) is 10.2. The van der Waals surface area contributed by atoms with Gasteiger partial charge in [-0.25, -0.2) is 4.98 Å². The molecule has 0 unspecified atom stereocenters. The van der Waals surface area contributed by atoms with Crippen LogP contribution in [0.15, 0.2) is 66.9 Å². The van der Waals surface area contributed by atoms with Crippen molar-refractivity contribution in [2.45, 2.75) is 13.8 Å². The number of aryl methyl sites for hydroxylation is 2. The van der Waals surface area contributed by atoms with Gasteiger partial charge in [-0.3, -0.25) is 4.79 Å². The van der Waals surface area contributed by atoms with Crippen molar-refractivity contribution >= 4 is 23.1 Å². The summed E-state index contributed by atoms with van der Waals surface area (Å²) in [7, 11) is 0. The number of carbonyl (C=O) groups excluding carboxylic acids is 1. The van der Waals surface area contributed by atoms with Crippen LogP contribution in [0.25, 0.3) is 0 Å². The summed E-state index contributed by atoms with van der Waals surface area (Å²) in [5.74, 6) is 0.349. The highest BCUT2D eigenvalue weighted by Crippen LogP contribution is 2.22. The Morgan fingerprint density at radius 3 is 2.58 bits per heavy atom. The van der Waals surface area contributed by atoms with E-state index in [0.717, 1.165) is 22.5 Å². The summed E-state index contributed by atoms with van der Waals surface area (Å²) < 4.78 is 0. The van der Waals surface area contributed by atoms with E-state index in [-0.39, 0.29) is 5.91 Å². The molecule has 2 N–H and O–H groups in total. The Balaban J connectivity index is 1.86. The molecule has 0 aliphatic rings. The third-order valence-corrected chi connectivity index (χ3v) is 3.73. The van der Waals surface area contributed by atoms with Gasteiger partial charge in [0.2, 0.25) is 0 Å². The van der Waals surface area contributed by atoms with Gasteiger partial charge in [-0.05, 0) is 55.3 Å². The second-order valence-electron chi connectivity index (χ2n) is 5.66. The van der Waals surface area contributed by atoms with E-state index in [1.165, 1.54) is 0 Å². The zero-order valence-electron chi connectivity index (χ0n) is 13.7. The Bertz CT molecular complexity index is 874. The minimum Gasteiger partial charge on any atom is -0.339 e. The number of rotatable bonds is 4. The van der Waals surface area contributed by atoms with Crippen molar-refractivity contribution < 1.29 is 4.79 Å². The number of para-hydroxylation sites is 1. The molecule has 1 heterocycles. The fourth-order valence-corrected chi connectivity index (χ4v) is 2.45. The van der Waals surface area contributed by atoms with Gasteiger partial charge in [0.1, 0.15) is 5.82 Å². The van der Waals surface area contributed by atoms with Crippen molar-refractivity contribution in [2.75, 3.05) is 10.6 Å². The van der Waals surface area contributed by atoms with E-state index < -0.39 is 0 Å². The molecule has 4 heteroatoms. The molecule has 24 heavy (non-hydrogen) atoms. The lowest BCUT2D eigenvalue weighted by molar-refractivity contribution is 0.102. The molecule has 0 saturated heterocycles. The monoisotopic (exact) mass is 317 g/mol. The third kappa shape index (κ3) is 3.60. The summed E-state index contributed by atoms with van der Waals surface area (Å²) >= 11 is 0. The summed E-state index contributed by atoms with van der Waals surface area (Å²) in [4.78, 5) is 17.0. The van der Waals surface area contributed by atoms with Gasteiger partial charge in [-0.1, -0.05) is 30.3 Å². The maximum absolute atomic E-state index is 12.6. The van der Waals surface area contributed by atoms with Crippen LogP contribution in [0.2, 0.25) is 0 Å². The zero-order chi connectivity index (χ0) is 16.9. The van der Waals surface area contributed by atoms with Crippen LogP contribution in [-0.2, 0) is 0 Å². The molecule has 0 bridgehead atoms. The number of amides is 1. The topological polar surface area (TPSA) is 54.0 Å². The Hall–Kier alpha value is -3.14. The number of pyridine rings is 1. The van der Waals surface area contributed by atoms with E-state index in [9.17, 15) is 4.79 Å². The van der Waals surface area contributed by atoms with Crippen LogP contribution in [0, 0.1) is 13.8 Å². The predicted molar refractivity (Wildman–Crippen MR) is 97.8 cm³/mol. The van der Waals surface area contributed by atoms with Crippen LogP contribution >= 0.6 is 0 Å². The molecule has 120 valence electrons. The lowest BCUT2D eigenvalue weighted by atomic mass is 10.1. The maximum Gasteiger partial charge on any atom is 0.259 e. The zero-order valence-corrected chi connectivity index (χ0v) is 13.7. The first-order valence-electron chi connectivity index (χ1n) is 7.79. The minimum absolute atomic E-state index is 0.190. The van der Waals surface area contributed by atoms with Crippen LogP contribution in [0.3, 0.4) is 0 Å². The van der Waals surface area contributed by atoms with E-state index in [1.807, 2.05) is 62.4 Å². The van der Waals surface area contributed by atoms with Crippen molar-refractivity contribution in [3.63, 3.8) is 0 Å². The van der Waals surface area contributed by atoms with Gasteiger partial charge in [0.15, 0.2) is 0 Å². The Morgan fingerprint density at radius 2 is 1.79 bits per heavy atom. The number of carbonyl (C=O) groups is 1. The van der Waals surface area contributed by atoms with Gasteiger partial charge in [0.05, 0.1) is 5.56 Å². The molecule has 0 fully saturated rings. The minimum atomic E-state index is -0.190. The molecular weight excluding hydrogens is 298 g/mol. The molecule has 3 aromatic rings. The average molecular weight is 317 g/mol. The van der Waals surface area contributed by atoms with E-state index >= 15 is 0 Å². The first kappa shape index (κ1) is 15.7. The lowest BCUT2D eigenvalue weighted by Crippen LogP contribution is -2.14. The van der Waals surface area contributed by atoms with Gasteiger partial charge >= 0.3 is 0 Å². The van der Waals surface area contributed by atoms with Gasteiger partial charge in [-0.2, -0.15) is 0 Å². The molecule has 2 aromatic carbocycles. The molecule has 0 radical (unpaired) electrons. The average Bonchev–Trinajstić information content (AvgIpc) is 2.57. The molecule has 1 amide bonds. The van der Waals surface area contributed by atoms with Crippen LogP contribution < -0.4 is 10.6 Å². The quantitative estimate of drug-likeness (QED) is 0.733. The second-order valence-corrected chi connectivity index (χ2v) is 5.66. The molecule has 0 aliphatic carbocycles. The van der Waals surface area contributed by atoms with Gasteiger partial charge in [0.25, 0.3) is 5.91 Å². The molecule has 0 saturated carbocycles. The fraction of sp³-hybridized carbons (Fsp3) is 0.100. The van der Waals surface area contributed by atoms with Crippen LogP contribution in [0.4, 0.5) is 17.2 Å². The summed E-state index contributed by atoms with van der Waals surface area (Å²) in [5.41, 5.74) is 4.39. The standard InChI is InChI=1S/C20H19N3O/c1-14-7-5-9-16(13-14)22-20(24)17-10-6-12-21-19(17)23-18-11-4-3-8-15(18)2/h3-13H,1-2H3,(H,21,23)(H,22,24). The van der Waals surface area contributed by atoms with Crippen molar-refractivity contribution in [3.8, 4) is 0 Å². The highest BCUT2D eigenvalue weighted by Gasteiger charge is 2.13. The van der Waals surface area contributed by atoms with Gasteiger partial charge in [0, 0.05) is 17.6 Å². The summed E-state index contributed by atoms with van der Waals surface area (Å²) in [6, 6.07) is 19.1. The maximum atomic E-state index is 12.6. The van der Waals surface area contributed by atoms with E-state index in [2.05, 4.69) is 15.6 Å². The van der Waals surface area contributed by atoms with Crippen LogP contribution in [-0.4, -0.2) is 10.9 Å². The number of hydrogen-bond acceptors (Lipinski definition) is 3. The summed E-state index contributed by atoms with van der Waals surface area (Å²) in [6.45, 7) is 4.00. The highest BCUT2D eigenvalue weighted by atomic mass is 16.1. The van der Waals surface area contributed by atoms with Crippen molar-refractivity contribution in [3.05, 3.63) is 83.6 Å². The number of hydrogen-bond donors (Lipinski definition) is 2. The van der Waals surface area contributed by atoms with Crippen molar-refractivity contribution in [2.24, 2.45) is 0 Å². The molecule has 3 rings (SSSR count). The first-order valence-corrected chi connectivity index (χ1v) is 7.79. The Labute approximate surface area is 141 Å². The second kappa shape index (κ2) is 6.96. The predicted octanol–water partition coefficient (Wildman–Crippen LogP) is 4.69. The third-order valence-electron chi connectivity index (χ3n) is 3.73. The number of benzene rings is 2. The van der Waals surface area contributed by atoms with E-state index in [1.54, 1.807) is 18.3 Å². The van der Waals surface area contributed by atoms with Crippen LogP contribution in [0.1, 0.15) is 21.5 Å². The highest BCUT2D eigenvalue weighted by molar-refractivity contribution is 6.07. The molecule has 4 nitrogen and oxygen atoms in total. The summed E-state index contributed by atoms with van der Waals surface area (Å²) in [5, 5.41) is 6.17. The molecular formula is C20H19N3O. The van der Waals surface area contributed by atoms with Crippen LogP contribution in [0.5, 0.6) is 0 Å². The fourth-order valence-electron chi connectivity index (χ4n) is 2.45. The number of anilines is 3. The first-order chi connectivity index (χ1) is 11.6. The Kier molecular flexibility index (Phi) is 4.57. The lowest BCUT2D eigenvalue weighted by Gasteiger charge is -2.13. The van der Waals surface area contributed by atoms with Gasteiger partial charge < -0.3 is 10.6 Å². The van der Waals surface area contributed by atoms with Gasteiger partial charge in [-0.15, -0.1) is 0 Å². The van der Waals surface area contributed by atoms with Crippen molar-refractivity contribution in [1.82, 2.24) is 4.98 Å². The Morgan fingerprint density at radius 1 is 0.958 bits per heavy atom. The molecule has 0 aliphatic heterocycles. The molecule has 1 aromatic heterocycles. The largest absolute Gasteiger partial charge is 0.339 e. The number of aromatic nitrogens is 1. The smallest absolute Gasteiger partial charge is 0.259 e. The van der Waals surface area contributed by atoms with E-state index in [4.69, 9.17) is 0 Å². The SMILES string of the molecule is Cc1cccc(NC(=O)c2cccnc2Nc2ccccc2C)c1. The number of nitrogens with one attached hydrogen (secondary N) is 2. The molecule has 0 spiro atoms. The van der Waals surface area contributed by atoms with E-state index in [0.29, 0.717) is 11.4 Å².